The second-order valence-electron chi connectivity index (χ2n) is 5.39. The molecule has 1 aliphatic carbocycles. The molecular formula is C15H28. The van der Waals surface area contributed by atoms with Crippen molar-refractivity contribution in [2.45, 2.75) is 78.1 Å². The zero-order valence-electron chi connectivity index (χ0n) is 10.7. The first-order chi connectivity index (χ1) is 7.29. The third-order valence-electron chi connectivity index (χ3n) is 3.66. The molecule has 88 valence electrons. The molecular weight excluding hydrogens is 180 g/mol. The first-order valence-electron chi connectivity index (χ1n) is 6.94. The van der Waals surface area contributed by atoms with Crippen LogP contribution in [0.1, 0.15) is 78.1 Å². The number of hydrogen-bond donors (Lipinski definition) is 0. The van der Waals surface area contributed by atoms with E-state index < -0.39 is 0 Å². The summed E-state index contributed by atoms with van der Waals surface area (Å²) in [5.74, 6) is 0.958. The smallest absolute Gasteiger partial charge is 0.0323 e. The SMILES string of the molecule is CC1=CCCCC(C)CCCCCCC1. The number of hydrogen-bond acceptors (Lipinski definition) is 0. The molecule has 0 nitrogen and oxygen atoms in total. The van der Waals surface area contributed by atoms with E-state index in [1.807, 2.05) is 0 Å². The molecule has 15 heavy (non-hydrogen) atoms. The first kappa shape index (κ1) is 12.8. The van der Waals surface area contributed by atoms with Crippen molar-refractivity contribution in [2.24, 2.45) is 5.92 Å². The van der Waals surface area contributed by atoms with Gasteiger partial charge in [0.2, 0.25) is 0 Å². The zero-order valence-corrected chi connectivity index (χ0v) is 10.7. The van der Waals surface area contributed by atoms with E-state index in [4.69, 9.17) is 0 Å². The lowest BCUT2D eigenvalue weighted by molar-refractivity contribution is 0.447. The van der Waals surface area contributed by atoms with Gasteiger partial charge in [-0.1, -0.05) is 57.1 Å². The van der Waals surface area contributed by atoms with Crippen molar-refractivity contribution in [1.29, 1.82) is 0 Å². The van der Waals surface area contributed by atoms with Gasteiger partial charge < -0.3 is 0 Å². The Balaban J connectivity index is 2.30. The summed E-state index contributed by atoms with van der Waals surface area (Å²) in [7, 11) is 0. The maximum Gasteiger partial charge on any atom is -0.0323 e. The zero-order chi connectivity index (χ0) is 10.9. The monoisotopic (exact) mass is 208 g/mol. The average Bonchev–Trinajstić information content (AvgIpc) is 2.23. The first-order valence-corrected chi connectivity index (χ1v) is 6.94. The maximum absolute atomic E-state index is 2.48. The van der Waals surface area contributed by atoms with Crippen LogP contribution < -0.4 is 0 Å². The highest BCUT2D eigenvalue weighted by molar-refractivity contribution is 4.97. The van der Waals surface area contributed by atoms with E-state index in [1.54, 1.807) is 5.57 Å². The molecule has 0 aromatic heterocycles. The number of rotatable bonds is 0. The molecule has 0 heteroatoms. The Labute approximate surface area is 96.2 Å². The minimum absolute atomic E-state index is 0.958. The Morgan fingerprint density at radius 1 is 0.933 bits per heavy atom. The molecule has 0 spiro atoms. The summed E-state index contributed by atoms with van der Waals surface area (Å²) in [5.41, 5.74) is 1.63. The fraction of sp³-hybridized carbons (Fsp3) is 0.867. The fourth-order valence-corrected chi connectivity index (χ4v) is 2.49. The van der Waals surface area contributed by atoms with Gasteiger partial charge in [0, 0.05) is 0 Å². The van der Waals surface area contributed by atoms with E-state index in [-0.39, 0.29) is 0 Å². The Bertz CT molecular complexity index is 178. The molecule has 0 fully saturated rings. The summed E-state index contributed by atoms with van der Waals surface area (Å²) in [6.07, 6.45) is 16.7. The standard InChI is InChI=1S/C15H28/c1-14-10-6-4-3-5-7-11-15(2)13-9-8-12-14/h12,15H,3-11,13H2,1-2H3. The largest absolute Gasteiger partial charge is 0.0856 e. The van der Waals surface area contributed by atoms with Crippen molar-refractivity contribution in [3.63, 3.8) is 0 Å². The molecule has 0 aromatic rings. The predicted molar refractivity (Wildman–Crippen MR) is 69.1 cm³/mol. The van der Waals surface area contributed by atoms with Crippen LogP contribution in [-0.4, -0.2) is 0 Å². The highest BCUT2D eigenvalue weighted by Crippen LogP contribution is 2.19. The molecule has 1 aliphatic rings. The number of allylic oxidation sites excluding steroid dienone is 2. The van der Waals surface area contributed by atoms with Crippen molar-refractivity contribution in [2.75, 3.05) is 0 Å². The minimum atomic E-state index is 0.958. The highest BCUT2D eigenvalue weighted by atomic mass is 14.1. The third kappa shape index (κ3) is 6.76. The van der Waals surface area contributed by atoms with E-state index in [0.29, 0.717) is 0 Å². The van der Waals surface area contributed by atoms with Gasteiger partial charge in [0.1, 0.15) is 0 Å². The lowest BCUT2D eigenvalue weighted by Gasteiger charge is -2.09. The molecule has 1 unspecified atom stereocenters. The molecule has 0 N–H and O–H groups in total. The minimum Gasteiger partial charge on any atom is -0.0856 e. The third-order valence-corrected chi connectivity index (χ3v) is 3.66. The van der Waals surface area contributed by atoms with Gasteiger partial charge in [0.15, 0.2) is 0 Å². The molecule has 1 rings (SSSR count). The molecule has 0 aromatic carbocycles. The van der Waals surface area contributed by atoms with Gasteiger partial charge in [-0.05, 0) is 38.5 Å². The Kier molecular flexibility index (Phi) is 6.80. The van der Waals surface area contributed by atoms with Crippen LogP contribution in [0.4, 0.5) is 0 Å². The van der Waals surface area contributed by atoms with Crippen LogP contribution in [0.5, 0.6) is 0 Å². The van der Waals surface area contributed by atoms with Crippen LogP contribution in [0.3, 0.4) is 0 Å². The van der Waals surface area contributed by atoms with Crippen molar-refractivity contribution < 1.29 is 0 Å². The van der Waals surface area contributed by atoms with E-state index in [1.165, 1.54) is 64.2 Å². The van der Waals surface area contributed by atoms with E-state index in [9.17, 15) is 0 Å². The van der Waals surface area contributed by atoms with Crippen LogP contribution in [0.15, 0.2) is 11.6 Å². The highest BCUT2D eigenvalue weighted by Gasteiger charge is 2.02. The summed E-state index contributed by atoms with van der Waals surface area (Å²) in [6.45, 7) is 4.74. The molecule has 0 amide bonds. The van der Waals surface area contributed by atoms with Gasteiger partial charge in [-0.2, -0.15) is 0 Å². The maximum atomic E-state index is 2.48. The van der Waals surface area contributed by atoms with E-state index in [2.05, 4.69) is 19.9 Å². The normalized spacial score (nSPS) is 27.1. The van der Waals surface area contributed by atoms with E-state index in [0.717, 1.165) is 5.92 Å². The molecule has 0 bridgehead atoms. The van der Waals surface area contributed by atoms with Crippen LogP contribution in [0, 0.1) is 5.92 Å². The fourth-order valence-electron chi connectivity index (χ4n) is 2.49. The molecule has 0 radical (unpaired) electrons. The molecule has 0 aliphatic heterocycles. The van der Waals surface area contributed by atoms with Crippen molar-refractivity contribution in [3.8, 4) is 0 Å². The van der Waals surface area contributed by atoms with Gasteiger partial charge >= 0.3 is 0 Å². The van der Waals surface area contributed by atoms with Crippen LogP contribution in [0.2, 0.25) is 0 Å². The van der Waals surface area contributed by atoms with Crippen molar-refractivity contribution in [1.82, 2.24) is 0 Å². The quantitative estimate of drug-likeness (QED) is 0.462. The molecule has 0 heterocycles. The average molecular weight is 208 g/mol. The van der Waals surface area contributed by atoms with Gasteiger partial charge in [-0.3, -0.25) is 0 Å². The van der Waals surface area contributed by atoms with Crippen molar-refractivity contribution >= 4 is 0 Å². The molecule has 1 atom stereocenters. The van der Waals surface area contributed by atoms with Crippen LogP contribution in [0.25, 0.3) is 0 Å². The van der Waals surface area contributed by atoms with Crippen LogP contribution in [-0.2, 0) is 0 Å². The lowest BCUT2D eigenvalue weighted by atomic mass is 9.97. The topological polar surface area (TPSA) is 0 Å². The Morgan fingerprint density at radius 3 is 2.47 bits per heavy atom. The summed E-state index contributed by atoms with van der Waals surface area (Å²) < 4.78 is 0. The molecule has 0 saturated heterocycles. The second-order valence-corrected chi connectivity index (χ2v) is 5.39. The van der Waals surface area contributed by atoms with E-state index >= 15 is 0 Å². The van der Waals surface area contributed by atoms with Gasteiger partial charge in [0.25, 0.3) is 0 Å². The van der Waals surface area contributed by atoms with Gasteiger partial charge in [0.05, 0.1) is 0 Å². The summed E-state index contributed by atoms with van der Waals surface area (Å²) in [4.78, 5) is 0. The van der Waals surface area contributed by atoms with Gasteiger partial charge in [-0.25, -0.2) is 0 Å². The second kappa shape index (κ2) is 7.96. The Hall–Kier alpha value is -0.260. The lowest BCUT2D eigenvalue weighted by Crippen LogP contribution is -1.94. The van der Waals surface area contributed by atoms with Gasteiger partial charge in [-0.15, -0.1) is 0 Å². The molecule has 0 saturated carbocycles. The van der Waals surface area contributed by atoms with Crippen LogP contribution >= 0.6 is 0 Å². The summed E-state index contributed by atoms with van der Waals surface area (Å²) in [5, 5.41) is 0. The predicted octanol–water partition coefficient (Wildman–Crippen LogP) is 5.48. The summed E-state index contributed by atoms with van der Waals surface area (Å²) in [6, 6.07) is 0. The summed E-state index contributed by atoms with van der Waals surface area (Å²) >= 11 is 0. The van der Waals surface area contributed by atoms with Crippen molar-refractivity contribution in [3.05, 3.63) is 11.6 Å². The Morgan fingerprint density at radius 2 is 1.60 bits per heavy atom.